The van der Waals surface area contributed by atoms with Crippen molar-refractivity contribution in [1.82, 2.24) is 0 Å². The van der Waals surface area contributed by atoms with Crippen LogP contribution in [0.3, 0.4) is 0 Å². The summed E-state index contributed by atoms with van der Waals surface area (Å²) in [4.78, 5) is 10.1. The molecule has 0 aromatic heterocycles. The van der Waals surface area contributed by atoms with Crippen molar-refractivity contribution in [2.75, 3.05) is 7.11 Å². The highest BCUT2D eigenvalue weighted by atomic mass is 35.5. The lowest BCUT2D eigenvalue weighted by molar-refractivity contribution is -0.132. The van der Waals surface area contributed by atoms with E-state index in [1.165, 1.54) is 0 Å². The third-order valence-corrected chi connectivity index (χ3v) is 0.672. The highest BCUT2D eigenvalue weighted by Gasteiger charge is 2.06. The van der Waals surface area contributed by atoms with E-state index in [2.05, 4.69) is 9.89 Å². The Morgan fingerprint density at radius 3 is 2.50 bits per heavy atom. The molecule has 0 aromatic carbocycles. The van der Waals surface area contributed by atoms with Crippen LogP contribution in [0.15, 0.2) is 5.16 Å². The summed E-state index contributed by atoms with van der Waals surface area (Å²) < 4.78 is 4.04. The van der Waals surface area contributed by atoms with Crippen molar-refractivity contribution >= 4 is 22.7 Å². The standard InChI is InChI=1S/C3H4ClNO3/c1-8-3(6)2(4)5-7/h7H,1H3/b5-2+. The summed E-state index contributed by atoms with van der Waals surface area (Å²) >= 11 is 4.94. The lowest BCUT2D eigenvalue weighted by atomic mass is 10.7. The Hall–Kier alpha value is -0.770. The number of esters is 1. The van der Waals surface area contributed by atoms with Gasteiger partial charge in [-0.2, -0.15) is 0 Å². The number of carbonyl (C=O) groups excluding carboxylic acids is 1. The summed E-state index contributed by atoms with van der Waals surface area (Å²) in [5.74, 6) is -0.853. The Morgan fingerprint density at radius 2 is 2.38 bits per heavy atom. The maximum Gasteiger partial charge on any atom is 0.372 e. The van der Waals surface area contributed by atoms with E-state index >= 15 is 0 Å². The molecule has 0 aromatic rings. The lowest BCUT2D eigenvalue weighted by Gasteiger charge is -1.89. The van der Waals surface area contributed by atoms with Gasteiger partial charge in [0.1, 0.15) is 0 Å². The maximum absolute atomic E-state index is 10.1. The van der Waals surface area contributed by atoms with Crippen LogP contribution in [0.1, 0.15) is 0 Å². The molecule has 0 heterocycles. The van der Waals surface area contributed by atoms with E-state index in [0.717, 1.165) is 7.11 Å². The zero-order valence-electron chi connectivity index (χ0n) is 4.09. The summed E-state index contributed by atoms with van der Waals surface area (Å²) in [5, 5.41) is 9.58. The first kappa shape index (κ1) is 7.23. The van der Waals surface area contributed by atoms with Crippen LogP contribution >= 0.6 is 11.6 Å². The van der Waals surface area contributed by atoms with Gasteiger partial charge < -0.3 is 9.94 Å². The summed E-state index contributed by atoms with van der Waals surface area (Å²) in [7, 11) is 1.13. The molecule has 0 atom stereocenters. The number of nitrogens with zero attached hydrogens (tertiary/aromatic N) is 1. The summed E-state index contributed by atoms with van der Waals surface area (Å²) in [6.45, 7) is 0. The number of hydrogen-bond acceptors (Lipinski definition) is 4. The van der Waals surface area contributed by atoms with E-state index in [1.807, 2.05) is 0 Å². The van der Waals surface area contributed by atoms with Gasteiger partial charge in [-0.1, -0.05) is 16.8 Å². The van der Waals surface area contributed by atoms with Crippen molar-refractivity contribution in [1.29, 1.82) is 0 Å². The number of carbonyl (C=O) groups is 1. The predicted molar refractivity (Wildman–Crippen MR) is 27.1 cm³/mol. The SMILES string of the molecule is COC(=O)/C(Cl)=N\O. The van der Waals surface area contributed by atoms with Crippen molar-refractivity contribution in [3.63, 3.8) is 0 Å². The minimum atomic E-state index is -0.853. The van der Waals surface area contributed by atoms with Gasteiger partial charge in [-0.15, -0.1) is 0 Å². The Bertz CT molecular complexity index is 122. The van der Waals surface area contributed by atoms with Gasteiger partial charge in [0, 0.05) is 0 Å². The van der Waals surface area contributed by atoms with Crippen LogP contribution in [0.2, 0.25) is 0 Å². The molecule has 4 nitrogen and oxygen atoms in total. The smallest absolute Gasteiger partial charge is 0.372 e. The molecule has 0 aliphatic heterocycles. The normalized spacial score (nSPS) is 11.0. The minimum absolute atomic E-state index is 0.576. The third-order valence-electron chi connectivity index (χ3n) is 0.442. The van der Waals surface area contributed by atoms with Crippen LogP contribution in [0, 0.1) is 0 Å². The van der Waals surface area contributed by atoms with Crippen molar-refractivity contribution < 1.29 is 14.7 Å². The molecule has 0 unspecified atom stereocenters. The van der Waals surface area contributed by atoms with Crippen LogP contribution < -0.4 is 0 Å². The van der Waals surface area contributed by atoms with Crippen LogP contribution in [0.25, 0.3) is 0 Å². The fraction of sp³-hybridized carbons (Fsp3) is 0.333. The quantitative estimate of drug-likeness (QED) is 0.243. The fourth-order valence-corrected chi connectivity index (χ4v) is 0.202. The maximum atomic E-state index is 10.1. The number of halogens is 1. The molecular weight excluding hydrogens is 133 g/mol. The van der Waals surface area contributed by atoms with E-state index in [-0.39, 0.29) is 0 Å². The van der Waals surface area contributed by atoms with Crippen LogP contribution in [-0.2, 0) is 9.53 Å². The Balaban J connectivity index is 3.83. The van der Waals surface area contributed by atoms with Crippen LogP contribution in [0.4, 0.5) is 0 Å². The summed E-state index contributed by atoms with van der Waals surface area (Å²) in [6.07, 6.45) is 0. The third kappa shape index (κ3) is 1.79. The molecule has 0 saturated heterocycles. The van der Waals surface area contributed by atoms with Gasteiger partial charge in [0.15, 0.2) is 0 Å². The van der Waals surface area contributed by atoms with Crippen LogP contribution in [-0.4, -0.2) is 23.5 Å². The second kappa shape index (κ2) is 3.26. The topological polar surface area (TPSA) is 58.9 Å². The number of ether oxygens (including phenoxy) is 1. The number of rotatable bonds is 1. The highest BCUT2D eigenvalue weighted by Crippen LogP contribution is 1.85. The molecular formula is C3H4ClNO3. The average Bonchev–Trinajstić information content (AvgIpc) is 1.84. The van der Waals surface area contributed by atoms with Crippen molar-refractivity contribution in [3.05, 3.63) is 0 Å². The molecule has 5 heteroatoms. The number of methoxy groups -OCH3 is 1. The molecule has 0 spiro atoms. The van der Waals surface area contributed by atoms with Gasteiger partial charge in [-0.05, 0) is 0 Å². The van der Waals surface area contributed by atoms with Gasteiger partial charge >= 0.3 is 5.97 Å². The minimum Gasteiger partial charge on any atom is -0.464 e. The summed E-state index contributed by atoms with van der Waals surface area (Å²) in [6, 6.07) is 0. The first-order valence-electron chi connectivity index (χ1n) is 1.68. The van der Waals surface area contributed by atoms with E-state index in [0.29, 0.717) is 0 Å². The average molecular weight is 138 g/mol. The Kier molecular flexibility index (Phi) is 2.95. The molecule has 0 bridgehead atoms. The molecule has 0 radical (unpaired) electrons. The second-order valence-electron chi connectivity index (χ2n) is 0.882. The van der Waals surface area contributed by atoms with Gasteiger partial charge in [0.2, 0.25) is 0 Å². The highest BCUT2D eigenvalue weighted by molar-refractivity contribution is 6.81. The molecule has 0 rings (SSSR count). The Morgan fingerprint density at radius 1 is 1.88 bits per heavy atom. The van der Waals surface area contributed by atoms with E-state index in [9.17, 15) is 4.79 Å². The van der Waals surface area contributed by atoms with Gasteiger partial charge in [-0.25, -0.2) is 4.79 Å². The molecule has 0 aliphatic carbocycles. The van der Waals surface area contributed by atoms with Gasteiger partial charge in [0.05, 0.1) is 7.11 Å². The molecule has 0 aliphatic rings. The second-order valence-corrected chi connectivity index (χ2v) is 1.24. The fourth-order valence-electron chi connectivity index (χ4n) is 0.125. The first-order chi connectivity index (χ1) is 3.72. The van der Waals surface area contributed by atoms with E-state index < -0.39 is 11.1 Å². The van der Waals surface area contributed by atoms with Crippen LogP contribution in [0.5, 0.6) is 0 Å². The molecule has 0 amide bonds. The number of oxime groups is 1. The predicted octanol–water partition coefficient (Wildman–Crippen LogP) is 0.186. The molecule has 46 valence electrons. The Labute approximate surface area is 50.7 Å². The van der Waals surface area contributed by atoms with Crippen molar-refractivity contribution in [3.8, 4) is 0 Å². The molecule has 8 heavy (non-hydrogen) atoms. The van der Waals surface area contributed by atoms with Gasteiger partial charge in [-0.3, -0.25) is 0 Å². The number of hydrogen-bond donors (Lipinski definition) is 1. The monoisotopic (exact) mass is 137 g/mol. The molecule has 1 N–H and O–H groups in total. The summed E-state index contributed by atoms with van der Waals surface area (Å²) in [5.41, 5.74) is 0. The van der Waals surface area contributed by atoms with Gasteiger partial charge in [0.25, 0.3) is 5.17 Å². The van der Waals surface area contributed by atoms with Crippen molar-refractivity contribution in [2.45, 2.75) is 0 Å². The largest absolute Gasteiger partial charge is 0.464 e. The molecule has 0 fully saturated rings. The lowest BCUT2D eigenvalue weighted by Crippen LogP contribution is -2.08. The van der Waals surface area contributed by atoms with E-state index in [4.69, 9.17) is 16.8 Å². The zero-order chi connectivity index (χ0) is 6.57. The molecule has 0 saturated carbocycles. The van der Waals surface area contributed by atoms with E-state index in [1.54, 1.807) is 0 Å². The zero-order valence-corrected chi connectivity index (χ0v) is 4.84. The first-order valence-corrected chi connectivity index (χ1v) is 2.06. The van der Waals surface area contributed by atoms with Crippen molar-refractivity contribution in [2.24, 2.45) is 5.16 Å².